The van der Waals surface area contributed by atoms with E-state index in [1.807, 2.05) is 18.2 Å². The van der Waals surface area contributed by atoms with E-state index < -0.39 is 0 Å². The lowest BCUT2D eigenvalue weighted by Crippen LogP contribution is -2.08. The molecule has 0 saturated carbocycles. The summed E-state index contributed by atoms with van der Waals surface area (Å²) in [6.45, 7) is 2.52. The number of tetrazole rings is 1. The average Bonchev–Trinajstić information content (AvgIpc) is 2.93. The molecule has 0 fully saturated rings. The number of aryl methyl sites for hydroxylation is 1. The van der Waals surface area contributed by atoms with Gasteiger partial charge in [-0.3, -0.25) is 0 Å². The molecule has 8 heteroatoms. The summed E-state index contributed by atoms with van der Waals surface area (Å²) in [5.74, 6) is 0.686. The van der Waals surface area contributed by atoms with E-state index in [0.717, 1.165) is 16.5 Å². The van der Waals surface area contributed by atoms with E-state index in [1.165, 1.54) is 0 Å². The first-order chi connectivity index (χ1) is 10.2. The summed E-state index contributed by atoms with van der Waals surface area (Å²) in [5.41, 5.74) is 7.37. The van der Waals surface area contributed by atoms with Gasteiger partial charge < -0.3 is 15.2 Å². The SMILES string of the molecule is COCCOCCCn1nnnc1-c1cc(N)ccc1Br. The molecular formula is C13H18BrN5O2. The van der Waals surface area contributed by atoms with Gasteiger partial charge in [-0.25, -0.2) is 4.68 Å². The Morgan fingerprint density at radius 3 is 2.95 bits per heavy atom. The van der Waals surface area contributed by atoms with Crippen molar-refractivity contribution in [2.75, 3.05) is 32.7 Å². The Hall–Kier alpha value is -1.51. The third-order valence-corrected chi connectivity index (χ3v) is 3.55. The largest absolute Gasteiger partial charge is 0.399 e. The number of nitrogens with two attached hydrogens (primary N) is 1. The van der Waals surface area contributed by atoms with Crippen molar-refractivity contribution >= 4 is 21.6 Å². The maximum absolute atomic E-state index is 5.82. The highest BCUT2D eigenvalue weighted by Crippen LogP contribution is 2.28. The number of aromatic nitrogens is 4. The highest BCUT2D eigenvalue weighted by atomic mass is 79.9. The maximum Gasteiger partial charge on any atom is 0.183 e. The summed E-state index contributed by atoms with van der Waals surface area (Å²) < 4.78 is 13.0. The van der Waals surface area contributed by atoms with Crippen molar-refractivity contribution in [2.24, 2.45) is 0 Å². The van der Waals surface area contributed by atoms with E-state index in [4.69, 9.17) is 15.2 Å². The first-order valence-corrected chi connectivity index (χ1v) is 7.40. The minimum Gasteiger partial charge on any atom is -0.399 e. The first kappa shape index (κ1) is 15.9. The molecule has 0 radical (unpaired) electrons. The monoisotopic (exact) mass is 355 g/mol. The molecule has 0 bridgehead atoms. The molecule has 0 saturated heterocycles. The molecular weight excluding hydrogens is 338 g/mol. The standard InChI is InChI=1S/C13H18BrN5O2/c1-20-7-8-21-6-2-5-19-13(16-17-18-19)11-9-10(15)3-4-12(11)14/h3-4,9H,2,5-8,15H2,1H3. The lowest BCUT2D eigenvalue weighted by atomic mass is 10.2. The topological polar surface area (TPSA) is 88.1 Å². The van der Waals surface area contributed by atoms with Crippen LogP contribution in [0.5, 0.6) is 0 Å². The number of hydrogen-bond acceptors (Lipinski definition) is 6. The molecule has 1 aromatic heterocycles. The lowest BCUT2D eigenvalue weighted by Gasteiger charge is -2.07. The van der Waals surface area contributed by atoms with Gasteiger partial charge in [-0.05, 0) is 35.0 Å². The van der Waals surface area contributed by atoms with Crippen LogP contribution in [-0.4, -0.2) is 47.1 Å². The number of ether oxygens (including phenoxy) is 2. The van der Waals surface area contributed by atoms with Crippen LogP contribution in [0.15, 0.2) is 22.7 Å². The van der Waals surface area contributed by atoms with Crippen molar-refractivity contribution < 1.29 is 9.47 Å². The van der Waals surface area contributed by atoms with Gasteiger partial charge in [0, 0.05) is 36.0 Å². The van der Waals surface area contributed by atoms with Crippen LogP contribution in [-0.2, 0) is 16.0 Å². The third-order valence-electron chi connectivity index (χ3n) is 2.85. The number of anilines is 1. The average molecular weight is 356 g/mol. The molecule has 0 aliphatic carbocycles. The van der Waals surface area contributed by atoms with Crippen molar-refractivity contribution in [2.45, 2.75) is 13.0 Å². The zero-order chi connectivity index (χ0) is 15.1. The second-order valence-corrected chi connectivity index (χ2v) is 5.28. The van der Waals surface area contributed by atoms with E-state index in [0.29, 0.717) is 37.9 Å². The van der Waals surface area contributed by atoms with Gasteiger partial charge in [-0.15, -0.1) is 5.10 Å². The van der Waals surface area contributed by atoms with Gasteiger partial charge in [-0.1, -0.05) is 15.9 Å². The van der Waals surface area contributed by atoms with Crippen LogP contribution in [0.25, 0.3) is 11.4 Å². The Balaban J connectivity index is 1.97. The van der Waals surface area contributed by atoms with Gasteiger partial charge in [0.2, 0.25) is 0 Å². The first-order valence-electron chi connectivity index (χ1n) is 6.60. The zero-order valence-electron chi connectivity index (χ0n) is 11.8. The summed E-state index contributed by atoms with van der Waals surface area (Å²) in [4.78, 5) is 0. The van der Waals surface area contributed by atoms with Crippen molar-refractivity contribution in [3.8, 4) is 11.4 Å². The van der Waals surface area contributed by atoms with Gasteiger partial charge in [0.15, 0.2) is 5.82 Å². The van der Waals surface area contributed by atoms with Gasteiger partial charge in [0.1, 0.15) is 0 Å². The Morgan fingerprint density at radius 1 is 1.29 bits per heavy atom. The molecule has 7 nitrogen and oxygen atoms in total. The fraction of sp³-hybridized carbons (Fsp3) is 0.462. The number of hydrogen-bond donors (Lipinski definition) is 1. The van der Waals surface area contributed by atoms with Crippen molar-refractivity contribution in [1.29, 1.82) is 0 Å². The number of methoxy groups -OCH3 is 1. The number of halogens is 1. The normalized spacial score (nSPS) is 11.0. The van der Waals surface area contributed by atoms with Crippen LogP contribution in [0.4, 0.5) is 5.69 Å². The molecule has 0 atom stereocenters. The Labute approximate surface area is 131 Å². The Morgan fingerprint density at radius 2 is 2.14 bits per heavy atom. The molecule has 21 heavy (non-hydrogen) atoms. The highest BCUT2D eigenvalue weighted by molar-refractivity contribution is 9.10. The van der Waals surface area contributed by atoms with Crippen LogP contribution >= 0.6 is 15.9 Å². The third kappa shape index (κ3) is 4.48. The summed E-state index contributed by atoms with van der Waals surface area (Å²) in [5, 5.41) is 11.8. The fourth-order valence-corrected chi connectivity index (χ4v) is 2.25. The molecule has 0 aliphatic heterocycles. The summed E-state index contributed by atoms with van der Waals surface area (Å²) in [6.07, 6.45) is 0.821. The van der Waals surface area contributed by atoms with Crippen LogP contribution in [0, 0.1) is 0 Å². The number of nitrogen functional groups attached to an aromatic ring is 1. The second kappa shape index (κ2) is 8.06. The van der Waals surface area contributed by atoms with E-state index in [-0.39, 0.29) is 0 Å². The molecule has 114 valence electrons. The van der Waals surface area contributed by atoms with Crippen LogP contribution < -0.4 is 5.73 Å². The molecule has 2 N–H and O–H groups in total. The summed E-state index contributed by atoms with van der Waals surface area (Å²) in [7, 11) is 1.65. The maximum atomic E-state index is 5.82. The van der Waals surface area contributed by atoms with Gasteiger partial charge in [0.25, 0.3) is 0 Å². The quantitative estimate of drug-likeness (QED) is 0.573. The molecule has 0 amide bonds. The Kier molecular flexibility index (Phi) is 6.09. The molecule has 0 spiro atoms. The predicted octanol–water partition coefficient (Wildman–Crippen LogP) is 1.74. The van der Waals surface area contributed by atoms with E-state index in [2.05, 4.69) is 31.5 Å². The van der Waals surface area contributed by atoms with Crippen LogP contribution in [0.2, 0.25) is 0 Å². The van der Waals surface area contributed by atoms with Crippen LogP contribution in [0.3, 0.4) is 0 Å². The van der Waals surface area contributed by atoms with Crippen molar-refractivity contribution in [3.05, 3.63) is 22.7 Å². The molecule has 2 rings (SSSR count). The lowest BCUT2D eigenvalue weighted by molar-refractivity contribution is 0.0677. The molecule has 0 unspecified atom stereocenters. The number of nitrogens with zero attached hydrogens (tertiary/aromatic N) is 4. The molecule has 0 aliphatic rings. The fourth-order valence-electron chi connectivity index (χ4n) is 1.82. The zero-order valence-corrected chi connectivity index (χ0v) is 13.4. The number of rotatable bonds is 8. The van der Waals surface area contributed by atoms with Crippen LogP contribution in [0.1, 0.15) is 6.42 Å². The van der Waals surface area contributed by atoms with Crippen molar-refractivity contribution in [1.82, 2.24) is 20.2 Å². The minimum atomic E-state index is 0.597. The summed E-state index contributed by atoms with van der Waals surface area (Å²) >= 11 is 3.49. The Bertz CT molecular complexity index is 575. The van der Waals surface area contributed by atoms with Gasteiger partial charge in [-0.2, -0.15) is 0 Å². The van der Waals surface area contributed by atoms with E-state index in [9.17, 15) is 0 Å². The van der Waals surface area contributed by atoms with Crippen molar-refractivity contribution in [3.63, 3.8) is 0 Å². The minimum absolute atomic E-state index is 0.597. The molecule has 1 aromatic carbocycles. The smallest absolute Gasteiger partial charge is 0.183 e. The molecule has 2 aromatic rings. The highest BCUT2D eigenvalue weighted by Gasteiger charge is 2.12. The predicted molar refractivity (Wildman–Crippen MR) is 82.7 cm³/mol. The second-order valence-electron chi connectivity index (χ2n) is 4.42. The van der Waals surface area contributed by atoms with E-state index >= 15 is 0 Å². The molecule has 1 heterocycles. The van der Waals surface area contributed by atoms with Gasteiger partial charge in [0.05, 0.1) is 13.2 Å². The summed E-state index contributed by atoms with van der Waals surface area (Å²) in [6, 6.07) is 5.56. The number of benzene rings is 1. The van der Waals surface area contributed by atoms with E-state index in [1.54, 1.807) is 11.8 Å². The van der Waals surface area contributed by atoms with Gasteiger partial charge >= 0.3 is 0 Å².